The Morgan fingerprint density at radius 2 is 1.94 bits per heavy atom. The molecule has 0 heterocycles. The Hall–Kier alpha value is -1.31. The number of benzene rings is 1. The Balaban J connectivity index is 2.80. The van der Waals surface area contributed by atoms with Crippen LogP contribution in [-0.4, -0.2) is 17.2 Å². The van der Waals surface area contributed by atoms with E-state index in [1.165, 1.54) is 0 Å². The van der Waals surface area contributed by atoms with Crippen molar-refractivity contribution in [2.24, 2.45) is 0 Å². The van der Waals surface area contributed by atoms with Gasteiger partial charge in [0, 0.05) is 0 Å². The Labute approximate surface area is 103 Å². The second-order valence-corrected chi connectivity index (χ2v) is 4.29. The number of hydrogen-bond donors (Lipinski definition) is 2. The Bertz CT molecular complexity index is 375. The molecule has 2 N–H and O–H groups in total. The van der Waals surface area contributed by atoms with Crippen molar-refractivity contribution < 1.29 is 10.0 Å². The third-order valence-corrected chi connectivity index (χ3v) is 3.21. The molecule has 0 aliphatic rings. The molecule has 17 heavy (non-hydrogen) atoms. The normalized spacial score (nSPS) is 13.8. The summed E-state index contributed by atoms with van der Waals surface area (Å²) in [6.07, 6.45) is 2.33. The molecular formula is C13H18BNO2. The van der Waals surface area contributed by atoms with Gasteiger partial charge in [0.25, 0.3) is 0 Å². The second-order valence-electron chi connectivity index (χ2n) is 4.29. The van der Waals surface area contributed by atoms with Gasteiger partial charge in [0.15, 0.2) is 0 Å². The molecule has 0 amide bonds. The third-order valence-electron chi connectivity index (χ3n) is 3.21. The molecule has 0 radical (unpaired) electrons. The van der Waals surface area contributed by atoms with Gasteiger partial charge in [-0.1, -0.05) is 43.7 Å². The lowest BCUT2D eigenvalue weighted by Gasteiger charge is -2.25. The summed E-state index contributed by atoms with van der Waals surface area (Å²) in [6, 6.07) is 12.1. The molecule has 1 aromatic rings. The maximum Gasteiger partial charge on any atom is 0.451 e. The minimum atomic E-state index is -1.28. The molecule has 0 spiro atoms. The van der Waals surface area contributed by atoms with Gasteiger partial charge in [0.1, 0.15) is 0 Å². The summed E-state index contributed by atoms with van der Waals surface area (Å²) < 4.78 is 0. The lowest BCUT2D eigenvalue weighted by molar-refractivity contribution is 0.394. The highest BCUT2D eigenvalue weighted by atomic mass is 16.4. The largest absolute Gasteiger partial charge is 0.451 e. The van der Waals surface area contributed by atoms with Gasteiger partial charge in [-0.05, 0) is 24.7 Å². The molecule has 4 heteroatoms. The van der Waals surface area contributed by atoms with Gasteiger partial charge in [-0.3, -0.25) is 0 Å². The zero-order valence-corrected chi connectivity index (χ0v) is 10.1. The summed E-state index contributed by atoms with van der Waals surface area (Å²) in [5, 5.41) is 27.1. The van der Waals surface area contributed by atoms with Crippen LogP contribution < -0.4 is 0 Å². The van der Waals surface area contributed by atoms with Crippen LogP contribution in [0.5, 0.6) is 0 Å². The van der Waals surface area contributed by atoms with E-state index in [2.05, 4.69) is 6.07 Å². The molecule has 1 aromatic carbocycles. The molecule has 1 unspecified atom stereocenters. The predicted octanol–water partition coefficient (Wildman–Crippen LogP) is 2.11. The number of nitrogens with zero attached hydrogens (tertiary/aromatic N) is 1. The van der Waals surface area contributed by atoms with Gasteiger partial charge in [0.2, 0.25) is 0 Å². The van der Waals surface area contributed by atoms with E-state index in [-0.39, 0.29) is 0 Å². The number of nitriles is 1. The van der Waals surface area contributed by atoms with Crippen LogP contribution in [0, 0.1) is 11.3 Å². The van der Waals surface area contributed by atoms with E-state index in [0.29, 0.717) is 19.2 Å². The van der Waals surface area contributed by atoms with Gasteiger partial charge >= 0.3 is 7.12 Å². The first-order valence-electron chi connectivity index (χ1n) is 5.97. The van der Waals surface area contributed by atoms with Crippen LogP contribution >= 0.6 is 0 Å². The molecule has 90 valence electrons. The van der Waals surface area contributed by atoms with Crippen molar-refractivity contribution >= 4 is 7.12 Å². The number of rotatable bonds is 6. The average Bonchev–Trinajstić information content (AvgIpc) is 2.36. The van der Waals surface area contributed by atoms with Crippen LogP contribution in [0.15, 0.2) is 30.3 Å². The van der Waals surface area contributed by atoms with Crippen LogP contribution in [0.25, 0.3) is 0 Å². The maximum atomic E-state index is 9.42. The lowest BCUT2D eigenvalue weighted by atomic mass is 9.72. The van der Waals surface area contributed by atoms with Gasteiger partial charge < -0.3 is 10.0 Å². The summed E-state index contributed by atoms with van der Waals surface area (Å²) in [7, 11) is -1.28. The molecule has 0 fully saturated rings. The highest BCUT2D eigenvalue weighted by Crippen LogP contribution is 2.32. The predicted molar refractivity (Wildman–Crippen MR) is 68.3 cm³/mol. The van der Waals surface area contributed by atoms with Crippen molar-refractivity contribution in [2.45, 2.75) is 37.9 Å². The Kier molecular flexibility index (Phi) is 5.21. The van der Waals surface area contributed by atoms with E-state index in [4.69, 9.17) is 10.0 Å². The summed E-state index contributed by atoms with van der Waals surface area (Å²) in [6.45, 7) is 1.99. The van der Waals surface area contributed by atoms with E-state index >= 15 is 0 Å². The van der Waals surface area contributed by atoms with E-state index < -0.39 is 12.5 Å². The first kappa shape index (κ1) is 13.8. The van der Waals surface area contributed by atoms with Gasteiger partial charge in [-0.2, -0.15) is 5.26 Å². The molecule has 0 aliphatic carbocycles. The monoisotopic (exact) mass is 231 g/mol. The summed E-state index contributed by atoms with van der Waals surface area (Å²) in [4.78, 5) is 0. The average molecular weight is 231 g/mol. The standard InChI is InChI=1S/C13H18BNO2/c1-2-13(11-15,9-6-10-14(16)17)12-7-4-3-5-8-12/h3-5,7-8,16-17H,2,6,9-10H2,1H3. The SMILES string of the molecule is CCC(C#N)(CCCB(O)O)c1ccccc1. The zero-order chi connectivity index (χ0) is 12.7. The van der Waals surface area contributed by atoms with Crippen molar-refractivity contribution in [1.82, 2.24) is 0 Å². The highest BCUT2D eigenvalue weighted by molar-refractivity contribution is 6.40. The zero-order valence-electron chi connectivity index (χ0n) is 10.1. The lowest BCUT2D eigenvalue weighted by Crippen LogP contribution is -2.24. The first-order chi connectivity index (χ1) is 8.14. The van der Waals surface area contributed by atoms with Crippen LogP contribution in [0.1, 0.15) is 31.7 Å². The van der Waals surface area contributed by atoms with Gasteiger partial charge in [0.05, 0.1) is 11.5 Å². The smallest absolute Gasteiger partial charge is 0.427 e. The van der Waals surface area contributed by atoms with E-state index in [9.17, 15) is 5.26 Å². The quantitative estimate of drug-likeness (QED) is 0.737. The van der Waals surface area contributed by atoms with Crippen molar-refractivity contribution in [3.8, 4) is 6.07 Å². The second kappa shape index (κ2) is 6.44. The van der Waals surface area contributed by atoms with Crippen LogP contribution in [0.4, 0.5) is 0 Å². The Morgan fingerprint density at radius 3 is 2.41 bits per heavy atom. The molecule has 0 aromatic heterocycles. The van der Waals surface area contributed by atoms with Crippen LogP contribution in [0.3, 0.4) is 0 Å². The Morgan fingerprint density at radius 1 is 1.29 bits per heavy atom. The van der Waals surface area contributed by atoms with Crippen LogP contribution in [-0.2, 0) is 5.41 Å². The number of hydrogen-bond acceptors (Lipinski definition) is 3. The third kappa shape index (κ3) is 3.59. The minimum Gasteiger partial charge on any atom is -0.427 e. The van der Waals surface area contributed by atoms with Crippen LogP contribution in [0.2, 0.25) is 6.32 Å². The summed E-state index contributed by atoms with van der Waals surface area (Å²) in [5.41, 5.74) is 0.508. The molecule has 1 atom stereocenters. The molecule has 1 rings (SSSR count). The molecule has 0 bridgehead atoms. The van der Waals surface area contributed by atoms with E-state index in [0.717, 1.165) is 12.0 Å². The first-order valence-corrected chi connectivity index (χ1v) is 5.97. The summed E-state index contributed by atoms with van der Waals surface area (Å²) >= 11 is 0. The van der Waals surface area contributed by atoms with Crippen molar-refractivity contribution in [2.75, 3.05) is 0 Å². The fourth-order valence-corrected chi connectivity index (χ4v) is 2.07. The molecular weight excluding hydrogens is 213 g/mol. The fraction of sp³-hybridized carbons (Fsp3) is 0.462. The minimum absolute atomic E-state index is 0.316. The molecule has 0 saturated heterocycles. The molecule has 0 aliphatic heterocycles. The summed E-state index contributed by atoms with van der Waals surface area (Å²) in [5.74, 6) is 0. The molecule has 0 saturated carbocycles. The maximum absolute atomic E-state index is 9.42. The van der Waals surface area contributed by atoms with E-state index in [1.807, 2.05) is 37.3 Å². The fourth-order valence-electron chi connectivity index (χ4n) is 2.07. The van der Waals surface area contributed by atoms with Crippen molar-refractivity contribution in [1.29, 1.82) is 5.26 Å². The van der Waals surface area contributed by atoms with Crippen molar-refractivity contribution in [3.63, 3.8) is 0 Å². The van der Waals surface area contributed by atoms with E-state index in [1.54, 1.807) is 0 Å². The highest BCUT2D eigenvalue weighted by Gasteiger charge is 2.30. The topological polar surface area (TPSA) is 64.2 Å². The van der Waals surface area contributed by atoms with Gasteiger partial charge in [-0.15, -0.1) is 0 Å². The van der Waals surface area contributed by atoms with Crippen molar-refractivity contribution in [3.05, 3.63) is 35.9 Å². The van der Waals surface area contributed by atoms with Gasteiger partial charge in [-0.25, -0.2) is 0 Å². The molecule has 3 nitrogen and oxygen atoms in total.